The van der Waals surface area contributed by atoms with Crippen LogP contribution in [0.25, 0.3) is 0 Å². The second kappa shape index (κ2) is 9.37. The Bertz CT molecular complexity index is 475. The second-order valence-electron chi connectivity index (χ2n) is 3.86. The van der Waals surface area contributed by atoms with Gasteiger partial charge in [-0.25, -0.2) is 0 Å². The second-order valence-corrected chi connectivity index (χ2v) is 4.39. The lowest BCUT2D eigenvalue weighted by Crippen LogP contribution is -2.33. The summed E-state index contributed by atoms with van der Waals surface area (Å²) in [5, 5.41) is 14.8. The fraction of sp³-hybridized carbons (Fsp3) is 0.455. The van der Waals surface area contributed by atoms with Crippen molar-refractivity contribution in [3.63, 3.8) is 0 Å². The summed E-state index contributed by atoms with van der Waals surface area (Å²) in [5.74, 6) is 0.256. The molecule has 21 heavy (non-hydrogen) atoms. The van der Waals surface area contributed by atoms with Crippen LogP contribution in [-0.2, 0) is 20.7 Å². The third-order valence-corrected chi connectivity index (χ3v) is 2.37. The average Bonchev–Trinajstić information content (AvgIpc) is 2.46. The SMILES string of the molecule is NS(=O)[O-].O=[N+]([O-])c1ccccc1OCC1COCCO1. The fourth-order valence-corrected chi connectivity index (χ4v) is 1.55. The van der Waals surface area contributed by atoms with Gasteiger partial charge in [-0.1, -0.05) is 12.1 Å². The molecule has 1 fully saturated rings. The minimum atomic E-state index is -2.36. The van der Waals surface area contributed by atoms with Gasteiger partial charge in [0.05, 0.1) is 24.7 Å². The minimum Gasteiger partial charge on any atom is -0.760 e. The van der Waals surface area contributed by atoms with Gasteiger partial charge < -0.3 is 18.8 Å². The van der Waals surface area contributed by atoms with Crippen molar-refractivity contribution in [3.8, 4) is 5.75 Å². The fourth-order valence-electron chi connectivity index (χ4n) is 1.55. The van der Waals surface area contributed by atoms with Gasteiger partial charge in [0.25, 0.3) is 0 Å². The van der Waals surface area contributed by atoms with Crippen LogP contribution in [0, 0.1) is 10.1 Å². The van der Waals surface area contributed by atoms with E-state index in [-0.39, 0.29) is 24.1 Å². The van der Waals surface area contributed by atoms with E-state index >= 15 is 0 Å². The van der Waals surface area contributed by atoms with Crippen LogP contribution in [0.4, 0.5) is 5.69 Å². The van der Waals surface area contributed by atoms with E-state index in [9.17, 15) is 10.1 Å². The quantitative estimate of drug-likeness (QED) is 0.473. The number of benzene rings is 1. The Morgan fingerprint density at radius 2 is 2.10 bits per heavy atom. The number of hydrogen-bond donors (Lipinski definition) is 1. The Balaban J connectivity index is 0.000000491. The van der Waals surface area contributed by atoms with Gasteiger partial charge in [-0.2, -0.15) is 0 Å². The van der Waals surface area contributed by atoms with Crippen molar-refractivity contribution in [2.45, 2.75) is 6.10 Å². The predicted octanol–water partition coefficient (Wildman–Crippen LogP) is 0.128. The maximum Gasteiger partial charge on any atom is 0.310 e. The molecule has 2 atom stereocenters. The minimum absolute atomic E-state index is 0.0378. The Morgan fingerprint density at radius 3 is 2.67 bits per heavy atom. The van der Waals surface area contributed by atoms with Crippen molar-refractivity contribution in [2.24, 2.45) is 5.14 Å². The highest BCUT2D eigenvalue weighted by molar-refractivity contribution is 7.76. The summed E-state index contributed by atoms with van der Waals surface area (Å²) in [4.78, 5) is 10.3. The Labute approximate surface area is 123 Å². The molecule has 1 aliphatic rings. The third kappa shape index (κ3) is 7.11. The summed E-state index contributed by atoms with van der Waals surface area (Å²) < 4.78 is 33.5. The van der Waals surface area contributed by atoms with Crippen LogP contribution < -0.4 is 9.88 Å². The van der Waals surface area contributed by atoms with E-state index in [0.717, 1.165) is 0 Å². The molecular weight excluding hydrogens is 304 g/mol. The molecule has 118 valence electrons. The maximum atomic E-state index is 10.7. The van der Waals surface area contributed by atoms with E-state index < -0.39 is 16.2 Å². The van der Waals surface area contributed by atoms with Crippen LogP contribution in [0.1, 0.15) is 0 Å². The van der Waals surface area contributed by atoms with Crippen LogP contribution in [0.15, 0.2) is 24.3 Å². The number of nitro groups is 1. The molecule has 1 aliphatic heterocycles. The molecule has 2 rings (SSSR count). The normalized spacial score (nSPS) is 19.0. The lowest BCUT2D eigenvalue weighted by atomic mass is 10.3. The van der Waals surface area contributed by atoms with Crippen molar-refractivity contribution >= 4 is 17.0 Å². The lowest BCUT2D eigenvalue weighted by molar-refractivity contribution is -0.386. The Kier molecular flexibility index (Phi) is 7.79. The number of ether oxygens (including phenoxy) is 3. The molecule has 0 bridgehead atoms. The zero-order chi connectivity index (χ0) is 15.7. The zero-order valence-corrected chi connectivity index (χ0v) is 11.8. The van der Waals surface area contributed by atoms with Crippen molar-refractivity contribution in [1.82, 2.24) is 0 Å². The smallest absolute Gasteiger partial charge is 0.310 e. The molecule has 1 saturated heterocycles. The van der Waals surface area contributed by atoms with E-state index in [1.54, 1.807) is 18.2 Å². The highest BCUT2D eigenvalue weighted by Crippen LogP contribution is 2.26. The van der Waals surface area contributed by atoms with E-state index in [1.807, 2.05) is 0 Å². The first-order valence-corrected chi connectivity index (χ1v) is 7.03. The molecule has 0 radical (unpaired) electrons. The summed E-state index contributed by atoms with van der Waals surface area (Å²) in [7, 11) is 0. The number of nitrogens with zero attached hydrogens (tertiary/aromatic N) is 1. The van der Waals surface area contributed by atoms with Gasteiger partial charge in [-0.05, 0) is 6.07 Å². The molecule has 0 saturated carbocycles. The Morgan fingerprint density at radius 1 is 1.43 bits per heavy atom. The first kappa shape index (κ1) is 17.5. The molecule has 0 aliphatic carbocycles. The maximum absolute atomic E-state index is 10.7. The highest BCUT2D eigenvalue weighted by Gasteiger charge is 2.18. The molecule has 1 heterocycles. The average molecular weight is 319 g/mol. The highest BCUT2D eigenvalue weighted by atomic mass is 32.2. The summed E-state index contributed by atoms with van der Waals surface area (Å²) in [6, 6.07) is 6.28. The number of para-hydroxylation sites is 2. The van der Waals surface area contributed by atoms with Crippen LogP contribution in [0.3, 0.4) is 0 Å². The lowest BCUT2D eigenvalue weighted by Gasteiger charge is -2.22. The predicted molar refractivity (Wildman–Crippen MR) is 72.3 cm³/mol. The standard InChI is InChI=1S/C11H13NO5.H3NO2S/c13-12(14)10-3-1-2-4-11(10)17-8-9-7-15-5-6-16-9;1-4(2)3/h1-4,9H,5-8H2;1H2,(H,2,3)/p-1. The van der Waals surface area contributed by atoms with Crippen molar-refractivity contribution in [3.05, 3.63) is 34.4 Å². The summed E-state index contributed by atoms with van der Waals surface area (Å²) in [6.07, 6.45) is -0.163. The van der Waals surface area contributed by atoms with Gasteiger partial charge in [0, 0.05) is 17.3 Å². The van der Waals surface area contributed by atoms with Gasteiger partial charge in [-0.15, -0.1) is 0 Å². The number of hydrogen-bond acceptors (Lipinski definition) is 7. The largest absolute Gasteiger partial charge is 0.760 e. The first-order chi connectivity index (χ1) is 10.0. The first-order valence-electron chi connectivity index (χ1n) is 5.90. The topological polar surface area (TPSA) is 137 Å². The van der Waals surface area contributed by atoms with Gasteiger partial charge in [0.15, 0.2) is 5.75 Å². The molecule has 1 aromatic carbocycles. The van der Waals surface area contributed by atoms with Crippen molar-refractivity contribution < 1.29 is 27.9 Å². The number of nitro benzene ring substituents is 1. The monoisotopic (exact) mass is 319 g/mol. The van der Waals surface area contributed by atoms with Crippen molar-refractivity contribution in [2.75, 3.05) is 26.4 Å². The Hall–Kier alpha value is -1.59. The van der Waals surface area contributed by atoms with Crippen LogP contribution in [0.2, 0.25) is 0 Å². The van der Waals surface area contributed by atoms with E-state index in [0.29, 0.717) is 19.8 Å². The number of rotatable bonds is 4. The van der Waals surface area contributed by atoms with Gasteiger partial charge in [0.2, 0.25) is 0 Å². The molecule has 0 amide bonds. The van der Waals surface area contributed by atoms with Crippen molar-refractivity contribution in [1.29, 1.82) is 0 Å². The van der Waals surface area contributed by atoms with Gasteiger partial charge in [-0.3, -0.25) is 19.5 Å². The molecule has 1 aromatic rings. The molecule has 9 nitrogen and oxygen atoms in total. The molecule has 2 unspecified atom stereocenters. The summed E-state index contributed by atoms with van der Waals surface area (Å²) in [6.45, 7) is 1.83. The summed E-state index contributed by atoms with van der Waals surface area (Å²) in [5.41, 5.74) is -0.0378. The zero-order valence-electron chi connectivity index (χ0n) is 11.0. The molecular formula is C11H15N2O7S-. The number of nitrogens with two attached hydrogens (primary N) is 1. The van der Waals surface area contributed by atoms with Crippen LogP contribution in [0.5, 0.6) is 5.75 Å². The molecule has 0 aromatic heterocycles. The summed E-state index contributed by atoms with van der Waals surface area (Å²) >= 11 is -2.36. The molecule has 10 heteroatoms. The van der Waals surface area contributed by atoms with Gasteiger partial charge >= 0.3 is 5.69 Å². The van der Waals surface area contributed by atoms with E-state index in [4.69, 9.17) is 23.0 Å². The van der Waals surface area contributed by atoms with E-state index in [1.165, 1.54) is 6.07 Å². The molecule has 0 spiro atoms. The van der Waals surface area contributed by atoms with Crippen LogP contribution >= 0.6 is 0 Å². The van der Waals surface area contributed by atoms with Gasteiger partial charge in [0.1, 0.15) is 12.7 Å². The van der Waals surface area contributed by atoms with E-state index in [2.05, 4.69) is 5.14 Å². The van der Waals surface area contributed by atoms with Crippen LogP contribution in [-0.4, -0.2) is 46.2 Å². The molecule has 2 N–H and O–H groups in total. The third-order valence-electron chi connectivity index (χ3n) is 2.37.